The molecule has 0 amide bonds. The van der Waals surface area contributed by atoms with Gasteiger partial charge in [0.05, 0.1) is 20.1 Å². The number of carboxylic acids is 1. The summed E-state index contributed by atoms with van der Waals surface area (Å²) in [5.41, 5.74) is 1.45. The van der Waals surface area contributed by atoms with Crippen LogP contribution in [0.5, 0.6) is 23.0 Å². The second-order valence-electron chi connectivity index (χ2n) is 5.39. The molecule has 1 heterocycles. The largest absolute Gasteiger partial charge is 0.497 e. The van der Waals surface area contributed by atoms with Crippen LogP contribution in [0, 0.1) is 0 Å². The lowest BCUT2D eigenvalue weighted by molar-refractivity contribution is -0.138. The second-order valence-corrected chi connectivity index (χ2v) is 5.39. The van der Waals surface area contributed by atoms with Crippen LogP contribution >= 0.6 is 0 Å². The van der Waals surface area contributed by atoms with E-state index in [9.17, 15) is 9.90 Å². The van der Waals surface area contributed by atoms with Crippen molar-refractivity contribution in [2.75, 3.05) is 21.0 Å². The average molecular weight is 330 g/mol. The number of ether oxygens (including phenoxy) is 4. The molecule has 0 saturated carbocycles. The third-order valence-electron chi connectivity index (χ3n) is 3.99. The average Bonchev–Trinajstić information content (AvgIpc) is 3.06. The van der Waals surface area contributed by atoms with Gasteiger partial charge in [-0.2, -0.15) is 0 Å². The molecule has 24 heavy (non-hydrogen) atoms. The van der Waals surface area contributed by atoms with Crippen LogP contribution < -0.4 is 18.9 Å². The number of aliphatic carboxylic acids is 1. The molecular formula is C18H18O6. The molecule has 2 aromatic carbocycles. The number of rotatable bonds is 6. The molecule has 6 nitrogen and oxygen atoms in total. The first-order valence-corrected chi connectivity index (χ1v) is 7.45. The third kappa shape index (κ3) is 3.08. The highest BCUT2D eigenvalue weighted by Crippen LogP contribution is 2.36. The first-order chi connectivity index (χ1) is 11.6. The van der Waals surface area contributed by atoms with Gasteiger partial charge in [-0.05, 0) is 30.2 Å². The highest BCUT2D eigenvalue weighted by atomic mass is 16.7. The minimum absolute atomic E-state index is 0.188. The standard InChI is InChI=1S/C18H18O6/c1-21-12-4-5-13(16(9-12)22-2)14(18(19)20)7-11-3-6-15-17(8-11)24-10-23-15/h3-6,8-9,14H,7,10H2,1-2H3,(H,19,20). The molecule has 2 aromatic rings. The number of benzene rings is 2. The van der Waals surface area contributed by atoms with Gasteiger partial charge in [-0.25, -0.2) is 0 Å². The van der Waals surface area contributed by atoms with Crippen LogP contribution in [0.25, 0.3) is 0 Å². The van der Waals surface area contributed by atoms with Crippen LogP contribution in [-0.2, 0) is 11.2 Å². The van der Waals surface area contributed by atoms with E-state index < -0.39 is 11.9 Å². The van der Waals surface area contributed by atoms with Gasteiger partial charge in [0.1, 0.15) is 11.5 Å². The Balaban J connectivity index is 1.92. The van der Waals surface area contributed by atoms with Crippen LogP contribution in [0.3, 0.4) is 0 Å². The normalized spacial score (nSPS) is 13.4. The van der Waals surface area contributed by atoms with Crippen molar-refractivity contribution in [3.63, 3.8) is 0 Å². The van der Waals surface area contributed by atoms with E-state index in [1.165, 1.54) is 7.11 Å². The molecule has 0 aliphatic carbocycles. The summed E-state index contributed by atoms with van der Waals surface area (Å²) in [5, 5.41) is 9.69. The summed E-state index contributed by atoms with van der Waals surface area (Å²) in [6, 6.07) is 10.6. The Morgan fingerprint density at radius 3 is 2.62 bits per heavy atom. The minimum atomic E-state index is -0.920. The summed E-state index contributed by atoms with van der Waals surface area (Å²) >= 11 is 0. The zero-order valence-electron chi connectivity index (χ0n) is 13.4. The quantitative estimate of drug-likeness (QED) is 0.878. The molecule has 0 bridgehead atoms. The molecule has 1 N–H and O–H groups in total. The van der Waals surface area contributed by atoms with Gasteiger partial charge in [0.25, 0.3) is 0 Å². The van der Waals surface area contributed by atoms with Gasteiger partial charge in [-0.1, -0.05) is 12.1 Å². The zero-order chi connectivity index (χ0) is 17.1. The molecule has 1 aliphatic rings. The van der Waals surface area contributed by atoms with E-state index in [1.54, 1.807) is 31.4 Å². The van der Waals surface area contributed by atoms with E-state index >= 15 is 0 Å². The summed E-state index contributed by atoms with van der Waals surface area (Å²) < 4.78 is 21.1. The highest BCUT2D eigenvalue weighted by Gasteiger charge is 2.25. The predicted octanol–water partition coefficient (Wildman–Crippen LogP) is 2.84. The van der Waals surface area contributed by atoms with E-state index in [0.29, 0.717) is 35.0 Å². The Labute approximate surface area is 139 Å². The fourth-order valence-electron chi connectivity index (χ4n) is 2.74. The number of carboxylic acid groups (broad SMARTS) is 1. The summed E-state index contributed by atoms with van der Waals surface area (Å²) in [6.45, 7) is 0.188. The maximum absolute atomic E-state index is 11.8. The third-order valence-corrected chi connectivity index (χ3v) is 3.99. The molecule has 126 valence electrons. The highest BCUT2D eigenvalue weighted by molar-refractivity contribution is 5.78. The first-order valence-electron chi connectivity index (χ1n) is 7.45. The van der Waals surface area contributed by atoms with E-state index in [4.69, 9.17) is 18.9 Å². The second kappa shape index (κ2) is 6.70. The zero-order valence-corrected chi connectivity index (χ0v) is 13.4. The lowest BCUT2D eigenvalue weighted by Crippen LogP contribution is -2.15. The minimum Gasteiger partial charge on any atom is -0.497 e. The van der Waals surface area contributed by atoms with Crippen molar-refractivity contribution in [1.29, 1.82) is 0 Å². The van der Waals surface area contributed by atoms with Crippen molar-refractivity contribution in [3.8, 4) is 23.0 Å². The van der Waals surface area contributed by atoms with Crippen molar-refractivity contribution < 1.29 is 28.8 Å². The molecule has 1 aliphatic heterocycles. The van der Waals surface area contributed by atoms with Crippen LogP contribution in [0.1, 0.15) is 17.0 Å². The monoisotopic (exact) mass is 330 g/mol. The lowest BCUT2D eigenvalue weighted by atomic mass is 9.91. The SMILES string of the molecule is COc1ccc(C(Cc2ccc3c(c2)OCO3)C(=O)O)c(OC)c1. The van der Waals surface area contributed by atoms with Crippen molar-refractivity contribution in [2.45, 2.75) is 12.3 Å². The topological polar surface area (TPSA) is 74.2 Å². The Kier molecular flexibility index (Phi) is 4.46. The summed E-state index contributed by atoms with van der Waals surface area (Å²) in [7, 11) is 3.06. The van der Waals surface area contributed by atoms with Crippen LogP contribution in [0.15, 0.2) is 36.4 Å². The van der Waals surface area contributed by atoms with Gasteiger partial charge in [0, 0.05) is 11.6 Å². The number of fused-ring (bicyclic) bond motifs is 1. The smallest absolute Gasteiger partial charge is 0.311 e. The molecule has 0 saturated heterocycles. The first kappa shape index (κ1) is 16.0. The fourth-order valence-corrected chi connectivity index (χ4v) is 2.74. The molecule has 0 spiro atoms. The Morgan fingerprint density at radius 2 is 1.92 bits per heavy atom. The molecule has 0 aromatic heterocycles. The molecule has 3 rings (SSSR count). The summed E-state index contributed by atoms with van der Waals surface area (Å²) in [5.74, 6) is 0.749. The van der Waals surface area contributed by atoms with Crippen molar-refractivity contribution in [2.24, 2.45) is 0 Å². The van der Waals surface area contributed by atoms with Crippen molar-refractivity contribution in [3.05, 3.63) is 47.5 Å². The van der Waals surface area contributed by atoms with Crippen molar-refractivity contribution in [1.82, 2.24) is 0 Å². The molecule has 1 atom stereocenters. The van der Waals surface area contributed by atoms with Crippen molar-refractivity contribution >= 4 is 5.97 Å². The number of hydrogen-bond acceptors (Lipinski definition) is 5. The van der Waals surface area contributed by atoms with E-state index in [-0.39, 0.29) is 6.79 Å². The number of carbonyl (C=O) groups is 1. The number of methoxy groups -OCH3 is 2. The molecule has 0 radical (unpaired) electrons. The molecular weight excluding hydrogens is 312 g/mol. The number of hydrogen-bond donors (Lipinski definition) is 1. The maximum atomic E-state index is 11.8. The lowest BCUT2D eigenvalue weighted by Gasteiger charge is -2.17. The summed E-state index contributed by atoms with van der Waals surface area (Å²) in [4.78, 5) is 11.8. The van der Waals surface area contributed by atoms with Crippen LogP contribution in [-0.4, -0.2) is 32.1 Å². The Morgan fingerprint density at radius 1 is 1.12 bits per heavy atom. The maximum Gasteiger partial charge on any atom is 0.311 e. The van der Waals surface area contributed by atoms with E-state index in [2.05, 4.69) is 0 Å². The van der Waals surface area contributed by atoms with Crippen LogP contribution in [0.4, 0.5) is 0 Å². The fraction of sp³-hybridized carbons (Fsp3) is 0.278. The van der Waals surface area contributed by atoms with Gasteiger partial charge in [-0.15, -0.1) is 0 Å². The van der Waals surface area contributed by atoms with E-state index in [0.717, 1.165) is 5.56 Å². The molecule has 6 heteroatoms. The van der Waals surface area contributed by atoms with Gasteiger partial charge < -0.3 is 24.1 Å². The van der Waals surface area contributed by atoms with Gasteiger partial charge >= 0.3 is 5.97 Å². The molecule has 0 fully saturated rings. The Hall–Kier alpha value is -2.89. The van der Waals surface area contributed by atoms with Crippen LogP contribution in [0.2, 0.25) is 0 Å². The Bertz CT molecular complexity index is 755. The summed E-state index contributed by atoms with van der Waals surface area (Å²) in [6.07, 6.45) is 0.314. The molecule has 1 unspecified atom stereocenters. The predicted molar refractivity (Wildman–Crippen MR) is 86.2 cm³/mol. The van der Waals surface area contributed by atoms with E-state index in [1.807, 2.05) is 12.1 Å². The van der Waals surface area contributed by atoms with Gasteiger partial charge in [0.15, 0.2) is 11.5 Å². The van der Waals surface area contributed by atoms with Gasteiger partial charge in [-0.3, -0.25) is 4.79 Å². The van der Waals surface area contributed by atoms with Gasteiger partial charge in [0.2, 0.25) is 6.79 Å².